The topological polar surface area (TPSA) is 81.8 Å². The Labute approximate surface area is 211 Å². The highest BCUT2D eigenvalue weighted by atomic mass is 15.4. The molecule has 2 fully saturated rings. The molecule has 0 radical (unpaired) electrons. The van der Waals surface area contributed by atoms with Gasteiger partial charge in [-0.05, 0) is 25.0 Å². The molecule has 2 aromatic carbocycles. The summed E-state index contributed by atoms with van der Waals surface area (Å²) in [4.78, 5) is 14.4. The van der Waals surface area contributed by atoms with Gasteiger partial charge in [-0.25, -0.2) is 9.98 Å². The summed E-state index contributed by atoms with van der Waals surface area (Å²) in [7, 11) is 0. The molecule has 182 valence electrons. The SMILES string of the molecule is NC1=NC=CN2C1=C(c1ccc3ccc(-c4ccccc4)nc3c1)NC2C1CC(N2CCNCC2)C1. The lowest BCUT2D eigenvalue weighted by atomic mass is 9.76. The fraction of sp³-hybridized carbons (Fsp3) is 0.310. The molecule has 1 saturated carbocycles. The molecule has 1 saturated heterocycles. The second-order valence-corrected chi connectivity index (χ2v) is 10.2. The number of aromatic nitrogens is 1. The number of fused-ring (bicyclic) bond motifs is 2. The number of nitrogens with zero attached hydrogens (tertiary/aromatic N) is 4. The van der Waals surface area contributed by atoms with Crippen LogP contribution in [0.15, 0.2) is 83.8 Å². The van der Waals surface area contributed by atoms with E-state index in [0.29, 0.717) is 17.8 Å². The average Bonchev–Trinajstić information content (AvgIpc) is 3.29. The highest BCUT2D eigenvalue weighted by Crippen LogP contribution is 2.42. The summed E-state index contributed by atoms with van der Waals surface area (Å²) in [5, 5.41) is 8.44. The monoisotopic (exact) mass is 477 g/mol. The van der Waals surface area contributed by atoms with Crippen LogP contribution in [0.5, 0.6) is 0 Å². The largest absolute Gasteiger partial charge is 0.382 e. The van der Waals surface area contributed by atoms with Gasteiger partial charge >= 0.3 is 0 Å². The number of pyridine rings is 1. The molecule has 0 bridgehead atoms. The van der Waals surface area contributed by atoms with Crippen LogP contribution in [-0.2, 0) is 0 Å². The van der Waals surface area contributed by atoms with Crippen molar-refractivity contribution in [1.82, 2.24) is 25.4 Å². The van der Waals surface area contributed by atoms with Gasteiger partial charge in [-0.2, -0.15) is 0 Å². The summed E-state index contributed by atoms with van der Waals surface area (Å²) in [6.07, 6.45) is 6.50. The molecular weight excluding hydrogens is 446 g/mol. The van der Waals surface area contributed by atoms with Gasteiger partial charge in [0.15, 0.2) is 0 Å². The van der Waals surface area contributed by atoms with Crippen molar-refractivity contribution in [2.24, 2.45) is 16.6 Å². The molecule has 1 aliphatic carbocycles. The summed E-state index contributed by atoms with van der Waals surface area (Å²) in [6, 6.07) is 21.7. The smallest absolute Gasteiger partial charge is 0.149 e. The maximum absolute atomic E-state index is 6.45. The fourth-order valence-electron chi connectivity index (χ4n) is 6.07. The second-order valence-electron chi connectivity index (χ2n) is 10.2. The molecule has 36 heavy (non-hydrogen) atoms. The maximum Gasteiger partial charge on any atom is 0.149 e. The predicted octanol–water partition coefficient (Wildman–Crippen LogP) is 3.33. The predicted molar refractivity (Wildman–Crippen MR) is 145 cm³/mol. The van der Waals surface area contributed by atoms with Crippen molar-refractivity contribution in [3.05, 3.63) is 84.3 Å². The molecule has 7 rings (SSSR count). The number of benzene rings is 2. The Bertz CT molecular complexity index is 1380. The molecule has 7 heteroatoms. The standard InChI is InChI=1S/C29H31N7/c30-28-27-26(21-7-6-20-8-9-24(33-25(20)18-21)19-4-2-1-3-5-19)34-29(36(27)15-12-32-28)22-16-23(17-22)35-13-10-31-11-14-35/h1-9,12,15,18,22-23,29,31,34H,10-11,13-14,16-17H2,(H2,30,32). The normalized spacial score (nSPS) is 25.9. The van der Waals surface area contributed by atoms with Crippen molar-refractivity contribution in [2.45, 2.75) is 25.0 Å². The Morgan fingerprint density at radius 2 is 1.72 bits per heavy atom. The van der Waals surface area contributed by atoms with Crippen LogP contribution in [0, 0.1) is 5.92 Å². The lowest BCUT2D eigenvalue weighted by Crippen LogP contribution is -2.57. The van der Waals surface area contributed by atoms with Crippen molar-refractivity contribution in [3.8, 4) is 11.3 Å². The van der Waals surface area contributed by atoms with Crippen molar-refractivity contribution in [1.29, 1.82) is 0 Å². The van der Waals surface area contributed by atoms with Crippen LogP contribution < -0.4 is 16.4 Å². The highest BCUT2D eigenvalue weighted by Gasteiger charge is 2.45. The van der Waals surface area contributed by atoms with E-state index < -0.39 is 0 Å². The van der Waals surface area contributed by atoms with Crippen molar-refractivity contribution >= 4 is 22.4 Å². The lowest BCUT2D eigenvalue weighted by molar-refractivity contribution is 0.0326. The molecular formula is C29H31N7. The van der Waals surface area contributed by atoms with Crippen LogP contribution in [0.25, 0.3) is 27.9 Å². The number of hydrogen-bond acceptors (Lipinski definition) is 7. The molecule has 1 aromatic heterocycles. The third kappa shape index (κ3) is 3.67. The first-order valence-corrected chi connectivity index (χ1v) is 13.0. The molecule has 4 N–H and O–H groups in total. The third-order valence-electron chi connectivity index (χ3n) is 8.08. The van der Waals surface area contributed by atoms with Gasteiger partial charge in [0.05, 0.1) is 16.9 Å². The fourth-order valence-corrected chi connectivity index (χ4v) is 6.07. The summed E-state index contributed by atoms with van der Waals surface area (Å²) < 4.78 is 0. The number of nitrogens with one attached hydrogen (secondary N) is 2. The average molecular weight is 478 g/mol. The zero-order valence-corrected chi connectivity index (χ0v) is 20.3. The van der Waals surface area contributed by atoms with Crippen LogP contribution in [0.3, 0.4) is 0 Å². The third-order valence-corrected chi connectivity index (χ3v) is 8.08. The van der Waals surface area contributed by atoms with Crippen LogP contribution in [0.2, 0.25) is 0 Å². The summed E-state index contributed by atoms with van der Waals surface area (Å²) in [5.41, 5.74) is 12.6. The minimum absolute atomic E-state index is 0.193. The van der Waals surface area contributed by atoms with Gasteiger partial charge in [0.1, 0.15) is 17.7 Å². The molecule has 7 nitrogen and oxygen atoms in total. The van der Waals surface area contributed by atoms with Crippen LogP contribution in [0.4, 0.5) is 0 Å². The first-order chi connectivity index (χ1) is 17.7. The minimum Gasteiger partial charge on any atom is -0.382 e. The van der Waals surface area contributed by atoms with Crippen LogP contribution in [0.1, 0.15) is 18.4 Å². The van der Waals surface area contributed by atoms with Crippen molar-refractivity contribution in [2.75, 3.05) is 26.2 Å². The van der Waals surface area contributed by atoms with Crippen LogP contribution in [-0.4, -0.2) is 59.0 Å². The van der Waals surface area contributed by atoms with Gasteiger partial charge < -0.3 is 21.3 Å². The van der Waals surface area contributed by atoms with Gasteiger partial charge in [0.2, 0.25) is 0 Å². The Morgan fingerprint density at radius 3 is 2.56 bits per heavy atom. The van der Waals surface area contributed by atoms with E-state index in [9.17, 15) is 0 Å². The first kappa shape index (κ1) is 21.6. The van der Waals surface area contributed by atoms with E-state index in [1.165, 1.54) is 12.8 Å². The Kier molecular flexibility index (Phi) is 5.26. The summed E-state index contributed by atoms with van der Waals surface area (Å²) in [5.74, 6) is 1.13. The van der Waals surface area contributed by atoms with E-state index in [1.54, 1.807) is 0 Å². The van der Waals surface area contributed by atoms with Crippen LogP contribution >= 0.6 is 0 Å². The van der Waals surface area contributed by atoms with E-state index in [2.05, 4.69) is 74.1 Å². The molecule has 1 atom stereocenters. The molecule has 0 amide bonds. The quantitative estimate of drug-likeness (QED) is 0.535. The maximum atomic E-state index is 6.45. The minimum atomic E-state index is 0.193. The van der Waals surface area contributed by atoms with Gasteiger partial charge in [0.25, 0.3) is 0 Å². The summed E-state index contributed by atoms with van der Waals surface area (Å²) >= 11 is 0. The number of rotatable bonds is 4. The van der Waals surface area contributed by atoms with Crippen molar-refractivity contribution in [3.63, 3.8) is 0 Å². The molecule has 4 heterocycles. The van der Waals surface area contributed by atoms with E-state index in [4.69, 9.17) is 10.7 Å². The molecule has 4 aliphatic rings. The Balaban J connectivity index is 1.19. The van der Waals surface area contributed by atoms with Gasteiger partial charge in [-0.3, -0.25) is 4.90 Å². The number of nitrogens with two attached hydrogens (primary N) is 1. The number of amidine groups is 1. The van der Waals surface area contributed by atoms with E-state index in [0.717, 1.165) is 65.3 Å². The zero-order chi connectivity index (χ0) is 24.1. The van der Waals surface area contributed by atoms with E-state index >= 15 is 0 Å². The zero-order valence-electron chi connectivity index (χ0n) is 20.3. The van der Waals surface area contributed by atoms with Crippen molar-refractivity contribution < 1.29 is 0 Å². The van der Waals surface area contributed by atoms with E-state index in [1.807, 2.05) is 24.4 Å². The van der Waals surface area contributed by atoms with Gasteiger partial charge in [0, 0.05) is 67.1 Å². The first-order valence-electron chi connectivity index (χ1n) is 13.0. The molecule has 3 aromatic rings. The van der Waals surface area contributed by atoms with Gasteiger partial charge in [-0.1, -0.05) is 48.5 Å². The Morgan fingerprint density at radius 1 is 0.917 bits per heavy atom. The molecule has 0 spiro atoms. The second kappa shape index (κ2) is 8.76. The molecule has 1 unspecified atom stereocenters. The number of piperazine rings is 1. The highest BCUT2D eigenvalue weighted by molar-refractivity contribution is 6.05. The molecule has 3 aliphatic heterocycles. The van der Waals surface area contributed by atoms with Gasteiger partial charge in [-0.15, -0.1) is 0 Å². The Hall–Kier alpha value is -3.68. The number of aliphatic imine (C=N–C) groups is 1. The number of hydrogen-bond donors (Lipinski definition) is 3. The lowest BCUT2D eigenvalue weighted by Gasteiger charge is -2.48. The summed E-state index contributed by atoms with van der Waals surface area (Å²) in [6.45, 7) is 4.51. The van der Waals surface area contributed by atoms with E-state index in [-0.39, 0.29) is 6.17 Å².